The number of hydrogen-bond acceptors (Lipinski definition) is 4. The Morgan fingerprint density at radius 1 is 1.10 bits per heavy atom. The maximum absolute atomic E-state index is 12.4. The summed E-state index contributed by atoms with van der Waals surface area (Å²) in [4.78, 5) is 12.4. The van der Waals surface area contributed by atoms with E-state index in [9.17, 15) is 4.79 Å². The Balaban J connectivity index is 1.87. The molecular formula is C15H16N4O2. The first-order chi connectivity index (χ1) is 10.1. The van der Waals surface area contributed by atoms with E-state index in [1.807, 2.05) is 32.6 Å². The van der Waals surface area contributed by atoms with Crippen LogP contribution in [-0.2, 0) is 23.6 Å². The van der Waals surface area contributed by atoms with Crippen LogP contribution in [0.15, 0.2) is 36.1 Å². The van der Waals surface area contributed by atoms with Crippen LogP contribution in [0.3, 0.4) is 0 Å². The second kappa shape index (κ2) is 5.40. The zero-order valence-electron chi connectivity index (χ0n) is 12.0. The number of aromatic nitrogens is 4. The smallest absolute Gasteiger partial charge is 0.223 e. The van der Waals surface area contributed by atoms with Gasteiger partial charge in [0.1, 0.15) is 0 Å². The normalized spacial score (nSPS) is 19.2. The van der Waals surface area contributed by atoms with Gasteiger partial charge in [-0.25, -0.2) is 0 Å². The van der Waals surface area contributed by atoms with Gasteiger partial charge in [0, 0.05) is 49.6 Å². The molecule has 1 saturated heterocycles. The molecule has 0 unspecified atom stereocenters. The standard InChI is InChI=1S/C15H16N4O2/c1-18-9-11(7-16-18)5-13-3-4-21-14(15(13)20)6-12-8-17-19(2)10-12/h5-10H,3-4H2,1-2H3/b13-5+,14-6+. The molecule has 3 rings (SSSR count). The molecule has 6 heteroatoms. The summed E-state index contributed by atoms with van der Waals surface area (Å²) >= 11 is 0. The number of carbonyl (C=O) groups is 1. The number of rotatable bonds is 2. The van der Waals surface area contributed by atoms with Crippen molar-refractivity contribution in [3.05, 3.63) is 47.2 Å². The van der Waals surface area contributed by atoms with Crippen LogP contribution >= 0.6 is 0 Å². The van der Waals surface area contributed by atoms with Gasteiger partial charge in [0.15, 0.2) is 5.76 Å². The van der Waals surface area contributed by atoms with Gasteiger partial charge < -0.3 is 4.74 Å². The maximum Gasteiger partial charge on any atom is 0.223 e. The minimum absolute atomic E-state index is 0.0750. The molecule has 0 radical (unpaired) electrons. The molecule has 1 fully saturated rings. The fourth-order valence-electron chi connectivity index (χ4n) is 2.24. The van der Waals surface area contributed by atoms with Gasteiger partial charge in [0.2, 0.25) is 5.78 Å². The van der Waals surface area contributed by atoms with E-state index in [1.54, 1.807) is 27.8 Å². The van der Waals surface area contributed by atoms with Gasteiger partial charge in [-0.3, -0.25) is 14.2 Å². The number of aryl methyl sites for hydroxylation is 2. The van der Waals surface area contributed by atoms with E-state index in [1.165, 1.54) is 0 Å². The fraction of sp³-hybridized carbons (Fsp3) is 0.267. The summed E-state index contributed by atoms with van der Waals surface area (Å²) in [6, 6.07) is 0. The van der Waals surface area contributed by atoms with E-state index in [4.69, 9.17) is 4.74 Å². The van der Waals surface area contributed by atoms with Crippen LogP contribution in [0.5, 0.6) is 0 Å². The van der Waals surface area contributed by atoms with Gasteiger partial charge in [-0.2, -0.15) is 10.2 Å². The lowest BCUT2D eigenvalue weighted by molar-refractivity contribution is -0.116. The zero-order valence-corrected chi connectivity index (χ0v) is 12.0. The van der Waals surface area contributed by atoms with Crippen LogP contribution in [0.1, 0.15) is 17.5 Å². The Morgan fingerprint density at radius 2 is 1.71 bits per heavy atom. The van der Waals surface area contributed by atoms with E-state index in [-0.39, 0.29) is 5.78 Å². The van der Waals surface area contributed by atoms with Gasteiger partial charge in [-0.05, 0) is 12.2 Å². The quantitative estimate of drug-likeness (QED) is 0.785. The van der Waals surface area contributed by atoms with Crippen LogP contribution in [0.25, 0.3) is 12.2 Å². The number of hydrogen-bond donors (Lipinski definition) is 0. The number of allylic oxidation sites excluding steroid dienone is 1. The molecule has 0 aromatic carbocycles. The highest BCUT2D eigenvalue weighted by atomic mass is 16.5. The Hall–Kier alpha value is -2.63. The fourth-order valence-corrected chi connectivity index (χ4v) is 2.24. The molecule has 0 aliphatic carbocycles. The van der Waals surface area contributed by atoms with E-state index in [0.717, 1.165) is 16.7 Å². The van der Waals surface area contributed by atoms with E-state index in [0.29, 0.717) is 18.8 Å². The lowest BCUT2D eigenvalue weighted by Gasteiger charge is -2.17. The number of nitrogens with zero attached hydrogens (tertiary/aromatic N) is 4. The van der Waals surface area contributed by atoms with Crippen LogP contribution < -0.4 is 0 Å². The molecule has 2 aromatic rings. The van der Waals surface area contributed by atoms with Crippen molar-refractivity contribution in [2.24, 2.45) is 14.1 Å². The highest BCUT2D eigenvalue weighted by Gasteiger charge is 2.22. The van der Waals surface area contributed by atoms with Crippen LogP contribution in [0, 0.1) is 0 Å². The first kappa shape index (κ1) is 13.4. The van der Waals surface area contributed by atoms with Crippen molar-refractivity contribution in [1.29, 1.82) is 0 Å². The molecule has 1 aliphatic rings. The second-order valence-electron chi connectivity index (χ2n) is 5.00. The van der Waals surface area contributed by atoms with Crippen molar-refractivity contribution in [2.45, 2.75) is 6.42 Å². The minimum Gasteiger partial charge on any atom is -0.489 e. The Kier molecular flexibility index (Phi) is 3.43. The molecule has 0 saturated carbocycles. The molecule has 0 N–H and O–H groups in total. The molecule has 0 bridgehead atoms. The van der Waals surface area contributed by atoms with Gasteiger partial charge in [0.05, 0.1) is 19.0 Å². The summed E-state index contributed by atoms with van der Waals surface area (Å²) in [5, 5.41) is 8.18. The lowest BCUT2D eigenvalue weighted by atomic mass is 10.0. The minimum atomic E-state index is -0.0750. The highest BCUT2D eigenvalue weighted by molar-refractivity contribution is 6.12. The summed E-state index contributed by atoms with van der Waals surface area (Å²) in [5.74, 6) is 0.290. The predicted octanol–water partition coefficient (Wildman–Crippen LogP) is 1.57. The molecular weight excluding hydrogens is 268 g/mol. The van der Waals surface area contributed by atoms with Gasteiger partial charge in [0.25, 0.3) is 0 Å². The third-order valence-corrected chi connectivity index (χ3v) is 3.23. The van der Waals surface area contributed by atoms with Crippen molar-refractivity contribution >= 4 is 17.9 Å². The van der Waals surface area contributed by atoms with Crippen LogP contribution in [-0.4, -0.2) is 32.0 Å². The monoisotopic (exact) mass is 284 g/mol. The molecule has 3 heterocycles. The number of carbonyl (C=O) groups excluding carboxylic acids is 1. The molecule has 108 valence electrons. The number of ketones is 1. The SMILES string of the molecule is Cn1cc(/C=C2\CCO/C(=C/c3cnn(C)c3)C2=O)cn1. The Labute approximate surface area is 122 Å². The van der Waals surface area contributed by atoms with Crippen molar-refractivity contribution in [3.63, 3.8) is 0 Å². The van der Waals surface area contributed by atoms with Gasteiger partial charge in [-0.15, -0.1) is 0 Å². The molecule has 6 nitrogen and oxygen atoms in total. The summed E-state index contributed by atoms with van der Waals surface area (Å²) in [6.45, 7) is 0.504. The number of Topliss-reactive ketones (excluding diaryl/α,β-unsaturated/α-hetero) is 1. The highest BCUT2D eigenvalue weighted by Crippen LogP contribution is 2.22. The topological polar surface area (TPSA) is 61.9 Å². The van der Waals surface area contributed by atoms with Crippen molar-refractivity contribution in [3.8, 4) is 0 Å². The predicted molar refractivity (Wildman–Crippen MR) is 77.9 cm³/mol. The first-order valence-corrected chi connectivity index (χ1v) is 6.69. The first-order valence-electron chi connectivity index (χ1n) is 6.69. The van der Waals surface area contributed by atoms with E-state index < -0.39 is 0 Å². The third kappa shape index (κ3) is 2.94. The summed E-state index contributed by atoms with van der Waals surface area (Å²) < 4.78 is 8.89. The third-order valence-electron chi connectivity index (χ3n) is 3.23. The van der Waals surface area contributed by atoms with Crippen molar-refractivity contribution in [1.82, 2.24) is 19.6 Å². The van der Waals surface area contributed by atoms with Gasteiger partial charge >= 0.3 is 0 Å². The summed E-state index contributed by atoms with van der Waals surface area (Å²) in [7, 11) is 3.68. The maximum atomic E-state index is 12.4. The van der Waals surface area contributed by atoms with Crippen molar-refractivity contribution < 1.29 is 9.53 Å². The Bertz CT molecular complexity index is 676. The van der Waals surface area contributed by atoms with E-state index in [2.05, 4.69) is 10.2 Å². The summed E-state index contributed by atoms with van der Waals surface area (Å²) in [6.07, 6.45) is 11.4. The number of ether oxygens (including phenoxy) is 1. The van der Waals surface area contributed by atoms with Gasteiger partial charge in [-0.1, -0.05) is 0 Å². The lowest BCUT2D eigenvalue weighted by Crippen LogP contribution is -2.17. The molecule has 2 aromatic heterocycles. The average molecular weight is 284 g/mol. The summed E-state index contributed by atoms with van der Waals surface area (Å²) in [5.41, 5.74) is 2.51. The van der Waals surface area contributed by atoms with Crippen LogP contribution in [0.2, 0.25) is 0 Å². The van der Waals surface area contributed by atoms with Crippen LogP contribution in [0.4, 0.5) is 0 Å². The van der Waals surface area contributed by atoms with E-state index >= 15 is 0 Å². The Morgan fingerprint density at radius 3 is 2.29 bits per heavy atom. The zero-order chi connectivity index (χ0) is 14.8. The second-order valence-corrected chi connectivity index (χ2v) is 5.00. The molecule has 0 amide bonds. The molecule has 0 atom stereocenters. The largest absolute Gasteiger partial charge is 0.489 e. The molecule has 21 heavy (non-hydrogen) atoms. The molecule has 1 aliphatic heterocycles. The molecule has 0 spiro atoms. The average Bonchev–Trinajstić information content (AvgIpc) is 3.03. The van der Waals surface area contributed by atoms with Crippen molar-refractivity contribution in [2.75, 3.05) is 6.61 Å².